The van der Waals surface area contributed by atoms with Gasteiger partial charge in [-0.05, 0) is 68.1 Å². The van der Waals surface area contributed by atoms with Gasteiger partial charge in [-0.2, -0.15) is 5.26 Å². The molecule has 3 rings (SSSR count). The number of piperidine rings is 1. The van der Waals surface area contributed by atoms with Crippen molar-refractivity contribution in [3.63, 3.8) is 0 Å². The number of rotatable bonds is 6. The number of benzene rings is 2. The molecule has 3 heteroatoms. The highest BCUT2D eigenvalue weighted by atomic mass is 16.5. The number of hydrogen-bond donors (Lipinski definition) is 0. The van der Waals surface area contributed by atoms with Crippen molar-refractivity contribution in [1.82, 2.24) is 4.90 Å². The summed E-state index contributed by atoms with van der Waals surface area (Å²) in [5, 5.41) is 8.79. The summed E-state index contributed by atoms with van der Waals surface area (Å²) in [6.07, 6.45) is 3.74. The van der Waals surface area contributed by atoms with Crippen molar-refractivity contribution < 1.29 is 4.74 Å². The molecule has 2 aromatic rings. The van der Waals surface area contributed by atoms with Crippen molar-refractivity contribution in [2.75, 3.05) is 26.2 Å². The minimum atomic E-state index is 0.669. The Labute approximate surface area is 144 Å². The molecule has 1 aliphatic heterocycles. The normalized spacial score (nSPS) is 15.8. The van der Waals surface area contributed by atoms with E-state index in [0.717, 1.165) is 31.3 Å². The molecule has 0 aliphatic carbocycles. The number of nitrogens with zero attached hydrogens (tertiary/aromatic N) is 2. The van der Waals surface area contributed by atoms with Crippen molar-refractivity contribution in [3.8, 4) is 11.8 Å². The first kappa shape index (κ1) is 16.5. The molecular formula is C21H24N2O. The molecule has 2 aromatic carbocycles. The van der Waals surface area contributed by atoms with E-state index in [2.05, 4.69) is 41.3 Å². The molecule has 0 aromatic heterocycles. The molecule has 0 amide bonds. The second kappa shape index (κ2) is 8.52. The third-order valence-corrected chi connectivity index (χ3v) is 4.73. The number of nitriles is 1. The van der Waals surface area contributed by atoms with Crippen LogP contribution in [-0.4, -0.2) is 31.1 Å². The Morgan fingerprint density at radius 1 is 1.00 bits per heavy atom. The van der Waals surface area contributed by atoms with Gasteiger partial charge in [0.1, 0.15) is 12.4 Å². The maximum Gasteiger partial charge on any atom is 0.119 e. The molecule has 0 unspecified atom stereocenters. The van der Waals surface area contributed by atoms with E-state index in [9.17, 15) is 0 Å². The van der Waals surface area contributed by atoms with Gasteiger partial charge in [0.15, 0.2) is 0 Å². The van der Waals surface area contributed by atoms with Crippen LogP contribution in [0.1, 0.15) is 24.0 Å². The van der Waals surface area contributed by atoms with Gasteiger partial charge in [0.2, 0.25) is 0 Å². The van der Waals surface area contributed by atoms with Crippen LogP contribution >= 0.6 is 0 Å². The molecule has 0 spiro atoms. The molecule has 1 saturated heterocycles. The first-order chi connectivity index (χ1) is 11.8. The maximum absolute atomic E-state index is 8.79. The average molecular weight is 320 g/mol. The standard InChI is InChI=1S/C21H24N2O/c22-17-20-6-8-21(9-7-20)24-15-14-23-12-10-19(11-13-23)16-18-4-2-1-3-5-18/h1-9,19H,10-16H2. The fourth-order valence-electron chi connectivity index (χ4n) is 3.28. The van der Waals surface area contributed by atoms with E-state index in [0.29, 0.717) is 12.2 Å². The van der Waals surface area contributed by atoms with Crippen molar-refractivity contribution in [1.29, 1.82) is 5.26 Å². The van der Waals surface area contributed by atoms with E-state index in [1.807, 2.05) is 12.1 Å². The predicted molar refractivity (Wildman–Crippen MR) is 96.0 cm³/mol. The monoisotopic (exact) mass is 320 g/mol. The highest BCUT2D eigenvalue weighted by Gasteiger charge is 2.19. The van der Waals surface area contributed by atoms with Crippen molar-refractivity contribution in [2.45, 2.75) is 19.3 Å². The largest absolute Gasteiger partial charge is 0.492 e. The van der Waals surface area contributed by atoms with Crippen LogP contribution in [0, 0.1) is 17.2 Å². The van der Waals surface area contributed by atoms with Crippen LogP contribution in [0.4, 0.5) is 0 Å². The van der Waals surface area contributed by atoms with Gasteiger partial charge in [-0.3, -0.25) is 4.90 Å². The average Bonchev–Trinajstić information content (AvgIpc) is 2.65. The molecule has 0 bridgehead atoms. The van der Waals surface area contributed by atoms with E-state index in [1.54, 1.807) is 12.1 Å². The summed E-state index contributed by atoms with van der Waals surface area (Å²) in [7, 11) is 0. The van der Waals surface area contributed by atoms with Gasteiger partial charge in [-0.1, -0.05) is 30.3 Å². The summed E-state index contributed by atoms with van der Waals surface area (Å²) in [5.74, 6) is 1.65. The highest BCUT2D eigenvalue weighted by Crippen LogP contribution is 2.21. The lowest BCUT2D eigenvalue weighted by atomic mass is 9.90. The first-order valence-electron chi connectivity index (χ1n) is 8.73. The third-order valence-electron chi connectivity index (χ3n) is 4.73. The first-order valence-corrected chi connectivity index (χ1v) is 8.73. The van der Waals surface area contributed by atoms with Crippen LogP contribution < -0.4 is 4.74 Å². The number of hydrogen-bond acceptors (Lipinski definition) is 3. The molecule has 0 saturated carbocycles. The highest BCUT2D eigenvalue weighted by molar-refractivity contribution is 5.34. The Balaban J connectivity index is 1.35. The molecule has 24 heavy (non-hydrogen) atoms. The quantitative estimate of drug-likeness (QED) is 0.810. The molecular weight excluding hydrogens is 296 g/mol. The number of ether oxygens (including phenoxy) is 1. The minimum Gasteiger partial charge on any atom is -0.492 e. The predicted octanol–water partition coefficient (Wildman–Crippen LogP) is 3.89. The Kier molecular flexibility index (Phi) is 5.87. The SMILES string of the molecule is N#Cc1ccc(OCCN2CCC(Cc3ccccc3)CC2)cc1. The van der Waals surface area contributed by atoms with Crippen molar-refractivity contribution in [3.05, 3.63) is 65.7 Å². The lowest BCUT2D eigenvalue weighted by Gasteiger charge is -2.31. The Hall–Kier alpha value is -2.31. The van der Waals surface area contributed by atoms with Gasteiger partial charge < -0.3 is 4.74 Å². The minimum absolute atomic E-state index is 0.669. The zero-order valence-corrected chi connectivity index (χ0v) is 14.0. The Bertz CT molecular complexity index is 652. The van der Waals surface area contributed by atoms with Gasteiger partial charge in [0, 0.05) is 6.54 Å². The van der Waals surface area contributed by atoms with Crippen LogP contribution in [0.2, 0.25) is 0 Å². The third kappa shape index (κ3) is 4.84. The molecule has 0 N–H and O–H groups in total. The second-order valence-electron chi connectivity index (χ2n) is 6.46. The van der Waals surface area contributed by atoms with E-state index in [-0.39, 0.29) is 0 Å². The molecule has 124 valence electrons. The van der Waals surface area contributed by atoms with Gasteiger partial charge in [0.05, 0.1) is 11.6 Å². The summed E-state index contributed by atoms with van der Waals surface area (Å²) < 4.78 is 5.78. The summed E-state index contributed by atoms with van der Waals surface area (Å²) in [6, 6.07) is 20.3. The number of likely N-dealkylation sites (tertiary alicyclic amines) is 1. The Morgan fingerprint density at radius 2 is 1.71 bits per heavy atom. The topological polar surface area (TPSA) is 36.3 Å². The zero-order chi connectivity index (χ0) is 16.6. The Morgan fingerprint density at radius 3 is 2.38 bits per heavy atom. The van der Waals surface area contributed by atoms with Gasteiger partial charge in [-0.15, -0.1) is 0 Å². The van der Waals surface area contributed by atoms with Crippen LogP contribution in [0.5, 0.6) is 5.75 Å². The van der Waals surface area contributed by atoms with Gasteiger partial charge >= 0.3 is 0 Å². The molecule has 3 nitrogen and oxygen atoms in total. The van der Waals surface area contributed by atoms with Crippen LogP contribution in [0.15, 0.2) is 54.6 Å². The fraction of sp³-hybridized carbons (Fsp3) is 0.381. The maximum atomic E-state index is 8.79. The van der Waals surface area contributed by atoms with Crippen molar-refractivity contribution >= 4 is 0 Å². The summed E-state index contributed by atoms with van der Waals surface area (Å²) in [5.41, 5.74) is 2.13. The van der Waals surface area contributed by atoms with Crippen LogP contribution in [-0.2, 0) is 6.42 Å². The summed E-state index contributed by atoms with van der Waals surface area (Å²) >= 11 is 0. The second-order valence-corrected chi connectivity index (χ2v) is 6.46. The lowest BCUT2D eigenvalue weighted by Crippen LogP contribution is -2.37. The van der Waals surface area contributed by atoms with Crippen molar-refractivity contribution in [2.24, 2.45) is 5.92 Å². The molecule has 1 aliphatic rings. The molecule has 1 heterocycles. The molecule has 0 atom stereocenters. The van der Waals surface area contributed by atoms with E-state index < -0.39 is 0 Å². The van der Waals surface area contributed by atoms with E-state index in [4.69, 9.17) is 10.00 Å². The van der Waals surface area contributed by atoms with Gasteiger partial charge in [-0.25, -0.2) is 0 Å². The molecule has 0 radical (unpaired) electrons. The smallest absolute Gasteiger partial charge is 0.119 e. The van der Waals surface area contributed by atoms with Crippen LogP contribution in [0.3, 0.4) is 0 Å². The van der Waals surface area contributed by atoms with E-state index in [1.165, 1.54) is 24.8 Å². The van der Waals surface area contributed by atoms with E-state index >= 15 is 0 Å². The van der Waals surface area contributed by atoms with Crippen LogP contribution in [0.25, 0.3) is 0 Å². The fourth-order valence-corrected chi connectivity index (χ4v) is 3.28. The molecule has 1 fully saturated rings. The summed E-state index contributed by atoms with van der Waals surface area (Å²) in [6.45, 7) is 4.00. The lowest BCUT2D eigenvalue weighted by molar-refractivity contribution is 0.155. The van der Waals surface area contributed by atoms with Gasteiger partial charge in [0.25, 0.3) is 0 Å². The zero-order valence-electron chi connectivity index (χ0n) is 14.0. The summed E-state index contributed by atoms with van der Waals surface area (Å²) in [4.78, 5) is 2.49.